The number of carbonyl (C=O) groups excluding carboxylic acids is 1. The number of hydrogen-bond donors (Lipinski definition) is 0. The molecule has 1 amide bonds. The van der Waals surface area contributed by atoms with Crippen molar-refractivity contribution in [3.8, 4) is 0 Å². The Morgan fingerprint density at radius 1 is 1.45 bits per heavy atom. The van der Waals surface area contributed by atoms with Crippen molar-refractivity contribution in [1.29, 1.82) is 0 Å². The van der Waals surface area contributed by atoms with Gasteiger partial charge in [-0.15, -0.1) is 11.3 Å². The first-order valence-electron chi connectivity index (χ1n) is 7.75. The van der Waals surface area contributed by atoms with Crippen molar-refractivity contribution in [2.75, 3.05) is 13.1 Å². The van der Waals surface area contributed by atoms with E-state index in [-0.39, 0.29) is 5.91 Å². The second-order valence-electron chi connectivity index (χ2n) is 5.97. The minimum Gasteiger partial charge on any atom is -0.338 e. The number of piperidine rings is 1. The first-order valence-corrected chi connectivity index (χ1v) is 8.57. The molecule has 22 heavy (non-hydrogen) atoms. The zero-order valence-electron chi connectivity index (χ0n) is 13.1. The molecule has 0 aliphatic carbocycles. The molecule has 2 aromatic rings. The number of likely N-dealkylation sites (tertiary alicyclic amines) is 1. The van der Waals surface area contributed by atoms with Crippen molar-refractivity contribution < 1.29 is 4.79 Å². The van der Waals surface area contributed by atoms with E-state index in [0.717, 1.165) is 41.5 Å². The lowest BCUT2D eigenvalue weighted by atomic mass is 9.92. The monoisotopic (exact) mass is 315 g/mol. The van der Waals surface area contributed by atoms with Crippen LogP contribution in [0.3, 0.4) is 0 Å². The number of amides is 1. The predicted molar refractivity (Wildman–Crippen MR) is 88.2 cm³/mol. The quantitative estimate of drug-likeness (QED) is 0.873. The van der Waals surface area contributed by atoms with Crippen LogP contribution in [0, 0.1) is 19.8 Å². The molecule has 116 valence electrons. The Morgan fingerprint density at radius 2 is 2.32 bits per heavy atom. The largest absolute Gasteiger partial charge is 0.338 e. The van der Waals surface area contributed by atoms with Crippen molar-refractivity contribution >= 4 is 17.2 Å². The molecule has 2 aromatic heterocycles. The summed E-state index contributed by atoms with van der Waals surface area (Å²) in [5.74, 6) is 0.676. The standard InChI is InChI=1S/C17H21N3OS/c1-12-16(22-13(2)19-12)17(21)20-8-4-6-15(11-20)9-14-5-3-7-18-10-14/h3,5,7,10,15H,4,6,8-9,11H2,1-2H3/t15-/m0/s1. The van der Waals surface area contributed by atoms with Gasteiger partial charge in [-0.2, -0.15) is 0 Å². The molecule has 3 heterocycles. The molecular formula is C17H21N3OS. The lowest BCUT2D eigenvalue weighted by Gasteiger charge is -2.32. The predicted octanol–water partition coefficient (Wildman–Crippen LogP) is 3.25. The zero-order valence-corrected chi connectivity index (χ0v) is 13.9. The summed E-state index contributed by atoms with van der Waals surface area (Å²) in [4.78, 5) is 24.1. The molecule has 1 saturated heterocycles. The highest BCUT2D eigenvalue weighted by atomic mass is 32.1. The van der Waals surface area contributed by atoms with Crippen LogP contribution in [-0.4, -0.2) is 33.9 Å². The van der Waals surface area contributed by atoms with Crippen molar-refractivity contribution in [3.63, 3.8) is 0 Å². The number of carbonyl (C=O) groups is 1. The SMILES string of the molecule is Cc1nc(C)c(C(=O)N2CCC[C@@H](Cc3cccnc3)C2)s1. The van der Waals surface area contributed by atoms with Crippen LogP contribution >= 0.6 is 11.3 Å². The molecule has 1 aliphatic heterocycles. The average molecular weight is 315 g/mol. The van der Waals surface area contributed by atoms with Gasteiger partial charge >= 0.3 is 0 Å². The second-order valence-corrected chi connectivity index (χ2v) is 7.18. The van der Waals surface area contributed by atoms with Gasteiger partial charge in [0, 0.05) is 25.5 Å². The molecule has 4 nitrogen and oxygen atoms in total. The lowest BCUT2D eigenvalue weighted by Crippen LogP contribution is -2.40. The van der Waals surface area contributed by atoms with Crippen LogP contribution in [0.15, 0.2) is 24.5 Å². The first-order chi connectivity index (χ1) is 10.6. The minimum atomic E-state index is 0.152. The van der Waals surface area contributed by atoms with Gasteiger partial charge in [0.25, 0.3) is 5.91 Å². The van der Waals surface area contributed by atoms with Gasteiger partial charge in [-0.25, -0.2) is 4.98 Å². The van der Waals surface area contributed by atoms with Crippen LogP contribution in [0.1, 0.15) is 38.8 Å². The number of rotatable bonds is 3. The zero-order chi connectivity index (χ0) is 15.5. The molecule has 0 N–H and O–H groups in total. The third kappa shape index (κ3) is 3.35. The van der Waals surface area contributed by atoms with E-state index in [1.54, 1.807) is 6.20 Å². The maximum atomic E-state index is 12.7. The Balaban J connectivity index is 1.68. The van der Waals surface area contributed by atoms with Crippen LogP contribution < -0.4 is 0 Å². The molecule has 0 radical (unpaired) electrons. The lowest BCUT2D eigenvalue weighted by molar-refractivity contribution is 0.0677. The number of pyridine rings is 1. The Kier molecular flexibility index (Phi) is 4.52. The van der Waals surface area contributed by atoms with Crippen LogP contribution in [0.25, 0.3) is 0 Å². The smallest absolute Gasteiger partial charge is 0.265 e. The van der Waals surface area contributed by atoms with E-state index in [0.29, 0.717) is 5.92 Å². The van der Waals surface area contributed by atoms with E-state index < -0.39 is 0 Å². The van der Waals surface area contributed by atoms with E-state index in [1.807, 2.05) is 31.0 Å². The Morgan fingerprint density at radius 3 is 3.00 bits per heavy atom. The van der Waals surface area contributed by atoms with Gasteiger partial charge in [0.05, 0.1) is 10.7 Å². The van der Waals surface area contributed by atoms with E-state index >= 15 is 0 Å². The van der Waals surface area contributed by atoms with Crippen LogP contribution in [0.5, 0.6) is 0 Å². The normalized spacial score (nSPS) is 18.5. The summed E-state index contributed by atoms with van der Waals surface area (Å²) >= 11 is 1.51. The highest BCUT2D eigenvalue weighted by Crippen LogP contribution is 2.25. The number of nitrogens with zero attached hydrogens (tertiary/aromatic N) is 3. The van der Waals surface area contributed by atoms with E-state index in [4.69, 9.17) is 0 Å². The van der Waals surface area contributed by atoms with Gasteiger partial charge in [-0.3, -0.25) is 9.78 Å². The Hall–Kier alpha value is -1.75. The van der Waals surface area contributed by atoms with Gasteiger partial charge in [0.2, 0.25) is 0 Å². The summed E-state index contributed by atoms with van der Waals surface area (Å²) in [5.41, 5.74) is 2.12. The van der Waals surface area contributed by atoms with Gasteiger partial charge in [-0.1, -0.05) is 6.07 Å². The summed E-state index contributed by atoms with van der Waals surface area (Å²) in [7, 11) is 0. The number of hydrogen-bond acceptors (Lipinski definition) is 4. The number of aromatic nitrogens is 2. The van der Waals surface area contributed by atoms with Crippen molar-refractivity contribution in [2.45, 2.75) is 33.1 Å². The van der Waals surface area contributed by atoms with Gasteiger partial charge in [-0.05, 0) is 50.7 Å². The molecule has 0 bridgehead atoms. The topological polar surface area (TPSA) is 46.1 Å². The molecule has 1 aliphatic rings. The van der Waals surface area contributed by atoms with E-state index in [2.05, 4.69) is 16.0 Å². The van der Waals surface area contributed by atoms with Gasteiger partial charge < -0.3 is 4.90 Å². The average Bonchev–Trinajstić information content (AvgIpc) is 2.86. The fraction of sp³-hybridized carbons (Fsp3) is 0.471. The Labute approximate surface area is 135 Å². The molecule has 0 spiro atoms. The van der Waals surface area contributed by atoms with Gasteiger partial charge in [0.15, 0.2) is 0 Å². The first kappa shape index (κ1) is 15.2. The maximum Gasteiger partial charge on any atom is 0.265 e. The fourth-order valence-corrected chi connectivity index (χ4v) is 4.03. The fourth-order valence-electron chi connectivity index (χ4n) is 3.14. The summed E-state index contributed by atoms with van der Waals surface area (Å²) in [5, 5.41) is 0.963. The van der Waals surface area contributed by atoms with Crippen LogP contribution in [0.2, 0.25) is 0 Å². The maximum absolute atomic E-state index is 12.7. The Bertz CT molecular complexity index is 653. The molecule has 5 heteroatoms. The van der Waals surface area contributed by atoms with Crippen LogP contribution in [0.4, 0.5) is 0 Å². The molecule has 3 rings (SSSR count). The molecule has 1 fully saturated rings. The highest BCUT2D eigenvalue weighted by Gasteiger charge is 2.26. The molecule has 0 saturated carbocycles. The van der Waals surface area contributed by atoms with Crippen LogP contribution in [-0.2, 0) is 6.42 Å². The van der Waals surface area contributed by atoms with Crippen molar-refractivity contribution in [3.05, 3.63) is 45.7 Å². The van der Waals surface area contributed by atoms with E-state index in [1.165, 1.54) is 23.3 Å². The van der Waals surface area contributed by atoms with Crippen molar-refractivity contribution in [1.82, 2.24) is 14.9 Å². The summed E-state index contributed by atoms with van der Waals surface area (Å²) in [6, 6.07) is 4.09. The minimum absolute atomic E-state index is 0.152. The second kappa shape index (κ2) is 6.57. The molecule has 0 unspecified atom stereocenters. The third-order valence-electron chi connectivity index (χ3n) is 4.15. The van der Waals surface area contributed by atoms with Crippen molar-refractivity contribution in [2.24, 2.45) is 5.92 Å². The van der Waals surface area contributed by atoms with Gasteiger partial charge in [0.1, 0.15) is 4.88 Å². The van der Waals surface area contributed by atoms with E-state index in [9.17, 15) is 4.79 Å². The third-order valence-corrected chi connectivity index (χ3v) is 5.21. The highest BCUT2D eigenvalue weighted by molar-refractivity contribution is 7.13. The summed E-state index contributed by atoms with van der Waals surface area (Å²) in [6.07, 6.45) is 6.98. The number of aryl methyl sites for hydroxylation is 2. The molecule has 1 atom stereocenters. The molecule has 0 aromatic carbocycles. The number of thiazole rings is 1. The molecular weight excluding hydrogens is 294 g/mol. The summed E-state index contributed by atoms with van der Waals surface area (Å²) in [6.45, 7) is 5.58. The summed E-state index contributed by atoms with van der Waals surface area (Å²) < 4.78 is 0.